The number of amides is 1. The van der Waals surface area contributed by atoms with Gasteiger partial charge in [0.2, 0.25) is 5.91 Å². The largest absolute Gasteiger partial charge is 0.481 e. The molecule has 0 aromatic heterocycles. The van der Waals surface area contributed by atoms with Crippen LogP contribution in [0.25, 0.3) is 0 Å². The van der Waals surface area contributed by atoms with Crippen molar-refractivity contribution >= 4 is 11.9 Å². The molecule has 1 amide bonds. The van der Waals surface area contributed by atoms with Crippen LogP contribution < -0.4 is 5.32 Å². The summed E-state index contributed by atoms with van der Waals surface area (Å²) in [4.78, 5) is 23.5. The van der Waals surface area contributed by atoms with E-state index in [9.17, 15) is 19.8 Å². The van der Waals surface area contributed by atoms with Gasteiger partial charge in [0, 0.05) is 18.4 Å². The molecule has 1 rings (SSSR count). The van der Waals surface area contributed by atoms with E-state index in [1.807, 2.05) is 13.8 Å². The average Bonchev–Trinajstić information content (AvgIpc) is 2.45. The first kappa shape index (κ1) is 18.0. The quantitative estimate of drug-likeness (QED) is 0.672. The highest BCUT2D eigenvalue weighted by molar-refractivity contribution is 5.84. The predicted molar refractivity (Wildman–Crippen MR) is 80.8 cm³/mol. The molecule has 1 unspecified atom stereocenters. The van der Waals surface area contributed by atoms with Gasteiger partial charge in [-0.3, -0.25) is 9.59 Å². The van der Waals surface area contributed by atoms with Crippen LogP contribution in [0.5, 0.6) is 0 Å². The molecule has 5 nitrogen and oxygen atoms in total. The lowest BCUT2D eigenvalue weighted by Gasteiger charge is -2.36. The van der Waals surface area contributed by atoms with Crippen molar-refractivity contribution in [1.82, 2.24) is 5.32 Å². The second kappa shape index (κ2) is 7.25. The van der Waals surface area contributed by atoms with E-state index in [-0.39, 0.29) is 30.3 Å². The second-order valence-corrected chi connectivity index (χ2v) is 7.05. The summed E-state index contributed by atoms with van der Waals surface area (Å²) in [5, 5.41) is 21.8. The molecule has 0 bridgehead atoms. The van der Waals surface area contributed by atoms with Crippen LogP contribution in [0.1, 0.15) is 59.3 Å². The van der Waals surface area contributed by atoms with Crippen LogP contribution in [0.15, 0.2) is 0 Å². The van der Waals surface area contributed by atoms with Crippen LogP contribution in [0.4, 0.5) is 0 Å². The smallest absolute Gasteiger partial charge is 0.310 e. The molecular weight excluding hydrogens is 270 g/mol. The summed E-state index contributed by atoms with van der Waals surface area (Å²) in [7, 11) is 0. The van der Waals surface area contributed by atoms with Crippen LogP contribution in [-0.2, 0) is 9.59 Å². The fourth-order valence-electron chi connectivity index (χ4n) is 2.90. The third-order valence-electron chi connectivity index (χ3n) is 5.20. The number of carboxylic acids is 1. The number of carbonyl (C=O) groups is 2. The number of aliphatic hydroxyl groups excluding tert-OH is 1. The molecule has 1 saturated carbocycles. The van der Waals surface area contributed by atoms with Crippen LogP contribution in [0.3, 0.4) is 0 Å². The normalized spacial score (nSPS) is 20.8. The lowest BCUT2D eigenvalue weighted by molar-refractivity contribution is -0.153. The summed E-state index contributed by atoms with van der Waals surface area (Å²) < 4.78 is 0. The number of carboxylic acid groups (broad SMARTS) is 1. The number of nitrogens with one attached hydrogen (secondary N) is 1. The zero-order chi connectivity index (χ0) is 16.1. The molecule has 1 atom stereocenters. The van der Waals surface area contributed by atoms with Crippen molar-refractivity contribution in [2.45, 2.75) is 59.3 Å². The van der Waals surface area contributed by atoms with Crippen molar-refractivity contribution in [2.24, 2.45) is 16.7 Å². The van der Waals surface area contributed by atoms with Gasteiger partial charge in [-0.25, -0.2) is 0 Å². The second-order valence-electron chi connectivity index (χ2n) is 7.05. The summed E-state index contributed by atoms with van der Waals surface area (Å²) in [5.74, 6) is -1.31. The lowest BCUT2D eigenvalue weighted by Crippen LogP contribution is -2.44. The monoisotopic (exact) mass is 299 g/mol. The molecule has 122 valence electrons. The molecule has 0 spiro atoms. The molecule has 0 saturated heterocycles. The fourth-order valence-corrected chi connectivity index (χ4v) is 2.90. The number of hydrogen-bond acceptors (Lipinski definition) is 3. The van der Waals surface area contributed by atoms with Crippen molar-refractivity contribution < 1.29 is 19.8 Å². The third kappa shape index (κ3) is 4.43. The summed E-state index contributed by atoms with van der Waals surface area (Å²) in [5.41, 5.74) is -1.27. The van der Waals surface area contributed by atoms with E-state index in [2.05, 4.69) is 5.32 Å². The molecule has 1 fully saturated rings. The van der Waals surface area contributed by atoms with Crippen LogP contribution >= 0.6 is 0 Å². The Balaban J connectivity index is 2.58. The average molecular weight is 299 g/mol. The van der Waals surface area contributed by atoms with Gasteiger partial charge in [0.1, 0.15) is 0 Å². The first-order valence-corrected chi connectivity index (χ1v) is 7.87. The van der Waals surface area contributed by atoms with Crippen molar-refractivity contribution in [3.8, 4) is 0 Å². The maximum Gasteiger partial charge on any atom is 0.310 e. The van der Waals surface area contributed by atoms with Crippen LogP contribution in [0, 0.1) is 16.7 Å². The molecule has 0 aromatic rings. The van der Waals surface area contributed by atoms with Gasteiger partial charge in [0.05, 0.1) is 12.0 Å². The van der Waals surface area contributed by atoms with E-state index < -0.39 is 11.4 Å². The first-order valence-electron chi connectivity index (χ1n) is 7.87. The van der Waals surface area contributed by atoms with Gasteiger partial charge in [-0.05, 0) is 25.7 Å². The lowest BCUT2D eigenvalue weighted by atomic mass is 9.74. The zero-order valence-electron chi connectivity index (χ0n) is 13.4. The number of hydrogen-bond donors (Lipinski definition) is 3. The van der Waals surface area contributed by atoms with E-state index in [0.29, 0.717) is 6.54 Å². The third-order valence-corrected chi connectivity index (χ3v) is 5.20. The Kier molecular flexibility index (Phi) is 6.20. The number of rotatable bonds is 7. The van der Waals surface area contributed by atoms with Crippen LogP contribution in [-0.4, -0.2) is 35.2 Å². The molecule has 0 heterocycles. The molecule has 0 aliphatic heterocycles. The standard InChI is InChI=1S/C16H29NO4/c1-12(2)15(3,14(20)21)9-13(19)17-10-16(11-18)7-5-4-6-8-16/h12,18H,4-11H2,1-3H3,(H,17,19)(H,20,21). The molecular formula is C16H29NO4. The van der Waals surface area contributed by atoms with E-state index in [1.54, 1.807) is 6.92 Å². The molecule has 3 N–H and O–H groups in total. The van der Waals surface area contributed by atoms with Crippen LogP contribution in [0.2, 0.25) is 0 Å². The molecule has 1 aliphatic rings. The highest BCUT2D eigenvalue weighted by Crippen LogP contribution is 2.35. The SMILES string of the molecule is CC(C)C(C)(CC(=O)NCC1(CO)CCCCC1)C(=O)O. The summed E-state index contributed by atoms with van der Waals surface area (Å²) in [6.45, 7) is 5.77. The Labute approximate surface area is 127 Å². The minimum atomic E-state index is -1.05. The van der Waals surface area contributed by atoms with Gasteiger partial charge in [-0.15, -0.1) is 0 Å². The Morgan fingerprint density at radius 1 is 1.24 bits per heavy atom. The van der Waals surface area contributed by atoms with Crippen molar-refractivity contribution in [1.29, 1.82) is 0 Å². The van der Waals surface area contributed by atoms with Gasteiger partial charge < -0.3 is 15.5 Å². The molecule has 0 aromatic carbocycles. The summed E-state index contributed by atoms with van der Waals surface area (Å²) in [6.07, 6.45) is 5.15. The Morgan fingerprint density at radius 3 is 2.24 bits per heavy atom. The topological polar surface area (TPSA) is 86.6 Å². The Bertz CT molecular complexity index is 374. The molecule has 1 aliphatic carbocycles. The van der Waals surface area contributed by atoms with E-state index in [1.165, 1.54) is 6.42 Å². The maximum atomic E-state index is 12.1. The Hall–Kier alpha value is -1.10. The first-order chi connectivity index (χ1) is 9.76. The van der Waals surface area contributed by atoms with Crippen molar-refractivity contribution in [3.05, 3.63) is 0 Å². The molecule has 0 radical (unpaired) electrons. The number of aliphatic carboxylic acids is 1. The van der Waals surface area contributed by atoms with E-state index >= 15 is 0 Å². The minimum Gasteiger partial charge on any atom is -0.481 e. The highest BCUT2D eigenvalue weighted by atomic mass is 16.4. The Morgan fingerprint density at radius 2 is 1.81 bits per heavy atom. The van der Waals surface area contributed by atoms with Gasteiger partial charge in [0.25, 0.3) is 0 Å². The number of aliphatic hydroxyl groups is 1. The number of carbonyl (C=O) groups excluding carboxylic acids is 1. The summed E-state index contributed by atoms with van der Waals surface area (Å²) in [6, 6.07) is 0. The van der Waals surface area contributed by atoms with Gasteiger partial charge >= 0.3 is 5.97 Å². The predicted octanol–water partition coefficient (Wildman–Crippen LogP) is 2.18. The van der Waals surface area contributed by atoms with Gasteiger partial charge in [0.15, 0.2) is 0 Å². The van der Waals surface area contributed by atoms with Crippen molar-refractivity contribution in [2.75, 3.05) is 13.2 Å². The fraction of sp³-hybridized carbons (Fsp3) is 0.875. The van der Waals surface area contributed by atoms with Gasteiger partial charge in [-0.1, -0.05) is 33.1 Å². The highest BCUT2D eigenvalue weighted by Gasteiger charge is 2.39. The molecule has 5 heteroatoms. The zero-order valence-corrected chi connectivity index (χ0v) is 13.4. The van der Waals surface area contributed by atoms with E-state index in [0.717, 1.165) is 25.7 Å². The van der Waals surface area contributed by atoms with Crippen molar-refractivity contribution in [3.63, 3.8) is 0 Å². The summed E-state index contributed by atoms with van der Waals surface area (Å²) >= 11 is 0. The van der Waals surface area contributed by atoms with E-state index in [4.69, 9.17) is 0 Å². The molecule has 21 heavy (non-hydrogen) atoms. The van der Waals surface area contributed by atoms with Gasteiger partial charge in [-0.2, -0.15) is 0 Å². The maximum absolute atomic E-state index is 12.1. The minimum absolute atomic E-state index is 0.0263.